The molecule has 0 unspecified atom stereocenters. The van der Waals surface area contributed by atoms with Crippen LogP contribution in [0.3, 0.4) is 0 Å². The maximum Gasteiger partial charge on any atom is 0.224 e. The van der Waals surface area contributed by atoms with Crippen LogP contribution in [0.25, 0.3) is 0 Å². The van der Waals surface area contributed by atoms with Crippen molar-refractivity contribution in [2.75, 3.05) is 38.7 Å². The Morgan fingerprint density at radius 2 is 2.29 bits per heavy atom. The standard InChI is InChI=1S/C15H22N2O4/c1-20-7-6-16-9-12(18)10-21-13-3-4-14-11(8-13)2-5-15(19)17-14/h3-4,8,12,16,18H,2,5-7,9-10H2,1H3,(H,17,19)/t12-/m1/s1. The lowest BCUT2D eigenvalue weighted by atomic mass is 10.0. The molecular weight excluding hydrogens is 272 g/mol. The van der Waals surface area contributed by atoms with Crippen LogP contribution in [-0.2, 0) is 16.0 Å². The molecule has 6 nitrogen and oxygen atoms in total. The first-order chi connectivity index (χ1) is 10.2. The minimum atomic E-state index is -0.572. The second-order valence-corrected chi connectivity index (χ2v) is 5.03. The van der Waals surface area contributed by atoms with E-state index in [1.54, 1.807) is 13.2 Å². The molecule has 1 aliphatic heterocycles. The minimum Gasteiger partial charge on any atom is -0.491 e. The second kappa shape index (κ2) is 7.97. The number of aryl methyl sites for hydroxylation is 1. The van der Waals surface area contributed by atoms with Gasteiger partial charge in [-0.25, -0.2) is 0 Å². The summed E-state index contributed by atoms with van der Waals surface area (Å²) in [5.74, 6) is 0.759. The van der Waals surface area contributed by atoms with Gasteiger partial charge in [-0.3, -0.25) is 4.79 Å². The van der Waals surface area contributed by atoms with Crippen LogP contribution in [0.2, 0.25) is 0 Å². The number of amides is 1. The van der Waals surface area contributed by atoms with E-state index in [1.807, 2.05) is 12.1 Å². The quantitative estimate of drug-likeness (QED) is 0.610. The number of anilines is 1. The normalized spacial score (nSPS) is 15.2. The van der Waals surface area contributed by atoms with Crippen molar-refractivity contribution >= 4 is 11.6 Å². The highest BCUT2D eigenvalue weighted by Gasteiger charge is 2.15. The van der Waals surface area contributed by atoms with Crippen molar-refractivity contribution < 1.29 is 19.4 Å². The molecule has 0 spiro atoms. The van der Waals surface area contributed by atoms with Crippen molar-refractivity contribution in [2.24, 2.45) is 0 Å². The van der Waals surface area contributed by atoms with Crippen LogP contribution in [0.15, 0.2) is 18.2 Å². The summed E-state index contributed by atoms with van der Waals surface area (Å²) < 4.78 is 10.5. The number of benzene rings is 1. The predicted molar refractivity (Wildman–Crippen MR) is 79.6 cm³/mol. The Morgan fingerprint density at radius 3 is 3.10 bits per heavy atom. The van der Waals surface area contributed by atoms with E-state index in [0.29, 0.717) is 31.9 Å². The summed E-state index contributed by atoms with van der Waals surface area (Å²) >= 11 is 0. The fourth-order valence-corrected chi connectivity index (χ4v) is 2.14. The average Bonchev–Trinajstić information content (AvgIpc) is 2.49. The topological polar surface area (TPSA) is 79.8 Å². The Kier molecular flexibility index (Phi) is 5.98. The zero-order valence-electron chi connectivity index (χ0n) is 12.2. The molecule has 1 aromatic carbocycles. The number of aliphatic hydroxyl groups is 1. The molecule has 6 heteroatoms. The van der Waals surface area contributed by atoms with Crippen molar-refractivity contribution in [3.05, 3.63) is 23.8 Å². The molecule has 0 aliphatic carbocycles. The van der Waals surface area contributed by atoms with Gasteiger partial charge in [-0.1, -0.05) is 0 Å². The van der Waals surface area contributed by atoms with Gasteiger partial charge in [0.2, 0.25) is 5.91 Å². The number of methoxy groups -OCH3 is 1. The van der Waals surface area contributed by atoms with Gasteiger partial charge in [-0.15, -0.1) is 0 Å². The lowest BCUT2D eigenvalue weighted by Gasteiger charge is -2.18. The van der Waals surface area contributed by atoms with E-state index in [1.165, 1.54) is 0 Å². The zero-order valence-corrected chi connectivity index (χ0v) is 12.2. The molecule has 1 atom stereocenters. The van der Waals surface area contributed by atoms with Gasteiger partial charge in [0.15, 0.2) is 0 Å². The highest BCUT2D eigenvalue weighted by molar-refractivity contribution is 5.93. The number of hydrogen-bond acceptors (Lipinski definition) is 5. The Bertz CT molecular complexity index is 479. The summed E-state index contributed by atoms with van der Waals surface area (Å²) in [4.78, 5) is 11.3. The molecule has 1 aromatic rings. The molecule has 0 fully saturated rings. The molecule has 21 heavy (non-hydrogen) atoms. The third-order valence-electron chi connectivity index (χ3n) is 3.28. The fourth-order valence-electron chi connectivity index (χ4n) is 2.14. The number of fused-ring (bicyclic) bond motifs is 1. The second-order valence-electron chi connectivity index (χ2n) is 5.03. The van der Waals surface area contributed by atoms with Gasteiger partial charge in [-0.2, -0.15) is 0 Å². The van der Waals surface area contributed by atoms with Crippen molar-refractivity contribution in [3.63, 3.8) is 0 Å². The van der Waals surface area contributed by atoms with Crippen LogP contribution >= 0.6 is 0 Å². The molecule has 0 radical (unpaired) electrons. The van der Waals surface area contributed by atoms with Crippen LogP contribution in [0.4, 0.5) is 5.69 Å². The van der Waals surface area contributed by atoms with Crippen LogP contribution in [0.1, 0.15) is 12.0 Å². The van der Waals surface area contributed by atoms with Crippen LogP contribution < -0.4 is 15.4 Å². The van der Waals surface area contributed by atoms with E-state index in [2.05, 4.69) is 10.6 Å². The molecule has 0 saturated carbocycles. The van der Waals surface area contributed by atoms with E-state index >= 15 is 0 Å². The first kappa shape index (κ1) is 15.8. The summed E-state index contributed by atoms with van der Waals surface area (Å²) in [6, 6.07) is 5.56. The molecule has 1 amide bonds. The van der Waals surface area contributed by atoms with Crippen molar-refractivity contribution in [2.45, 2.75) is 18.9 Å². The van der Waals surface area contributed by atoms with Crippen LogP contribution in [-0.4, -0.2) is 50.5 Å². The third-order valence-corrected chi connectivity index (χ3v) is 3.28. The minimum absolute atomic E-state index is 0.0497. The van der Waals surface area contributed by atoms with Gasteiger partial charge in [-0.05, 0) is 30.2 Å². The maximum atomic E-state index is 11.3. The van der Waals surface area contributed by atoms with Gasteiger partial charge >= 0.3 is 0 Å². The first-order valence-corrected chi connectivity index (χ1v) is 7.12. The monoisotopic (exact) mass is 294 g/mol. The highest BCUT2D eigenvalue weighted by Crippen LogP contribution is 2.26. The van der Waals surface area contributed by atoms with E-state index < -0.39 is 6.10 Å². The van der Waals surface area contributed by atoms with E-state index in [9.17, 15) is 9.90 Å². The fraction of sp³-hybridized carbons (Fsp3) is 0.533. The van der Waals surface area contributed by atoms with E-state index in [-0.39, 0.29) is 12.5 Å². The lowest BCUT2D eigenvalue weighted by Crippen LogP contribution is -2.33. The SMILES string of the molecule is COCCNC[C@@H](O)COc1ccc2c(c1)CCC(=O)N2. The van der Waals surface area contributed by atoms with Crippen LogP contribution in [0.5, 0.6) is 5.75 Å². The van der Waals surface area contributed by atoms with Crippen molar-refractivity contribution in [3.8, 4) is 5.75 Å². The van der Waals surface area contributed by atoms with Gasteiger partial charge in [0.1, 0.15) is 18.5 Å². The van der Waals surface area contributed by atoms with Crippen molar-refractivity contribution in [1.29, 1.82) is 0 Å². The number of ether oxygens (including phenoxy) is 2. The van der Waals surface area contributed by atoms with Gasteiger partial charge in [0.25, 0.3) is 0 Å². The van der Waals surface area contributed by atoms with Crippen molar-refractivity contribution in [1.82, 2.24) is 5.32 Å². The molecule has 0 saturated heterocycles. The number of nitrogens with one attached hydrogen (secondary N) is 2. The summed E-state index contributed by atoms with van der Waals surface area (Å²) in [5.41, 5.74) is 1.92. The number of carbonyl (C=O) groups is 1. The first-order valence-electron chi connectivity index (χ1n) is 7.12. The molecule has 0 aromatic heterocycles. The largest absolute Gasteiger partial charge is 0.491 e. The maximum absolute atomic E-state index is 11.3. The molecule has 2 rings (SSSR count). The summed E-state index contributed by atoms with van der Waals surface area (Å²) in [5, 5.41) is 15.7. The Balaban J connectivity index is 1.77. The molecule has 0 bridgehead atoms. The molecule has 1 heterocycles. The Hall–Kier alpha value is -1.63. The van der Waals surface area contributed by atoms with Crippen LogP contribution in [0, 0.1) is 0 Å². The third kappa shape index (κ3) is 5.00. The van der Waals surface area contributed by atoms with Gasteiger partial charge in [0, 0.05) is 32.3 Å². The zero-order chi connectivity index (χ0) is 15.1. The average molecular weight is 294 g/mol. The number of rotatable bonds is 8. The van der Waals surface area contributed by atoms with E-state index in [4.69, 9.17) is 9.47 Å². The number of carbonyl (C=O) groups excluding carboxylic acids is 1. The summed E-state index contributed by atoms with van der Waals surface area (Å²) in [6.45, 7) is 2.01. The van der Waals surface area contributed by atoms with Gasteiger partial charge in [0.05, 0.1) is 6.61 Å². The summed E-state index contributed by atoms with van der Waals surface area (Å²) in [7, 11) is 1.64. The predicted octanol–water partition coefficient (Wildman–Crippen LogP) is 0.547. The molecule has 1 aliphatic rings. The van der Waals surface area contributed by atoms with Gasteiger partial charge < -0.3 is 25.2 Å². The smallest absolute Gasteiger partial charge is 0.224 e. The highest BCUT2D eigenvalue weighted by atomic mass is 16.5. The number of hydrogen-bond donors (Lipinski definition) is 3. The summed E-state index contributed by atoms with van der Waals surface area (Å²) in [6.07, 6.45) is 0.653. The number of aliphatic hydroxyl groups excluding tert-OH is 1. The lowest BCUT2D eigenvalue weighted by molar-refractivity contribution is -0.116. The molecule has 3 N–H and O–H groups in total. The Labute approximate surface area is 124 Å². The Morgan fingerprint density at radius 1 is 1.43 bits per heavy atom. The molecule has 116 valence electrons. The van der Waals surface area contributed by atoms with E-state index in [0.717, 1.165) is 17.7 Å². The molecular formula is C15H22N2O4.